The fourth-order valence-corrected chi connectivity index (χ4v) is 2.37. The lowest BCUT2D eigenvalue weighted by molar-refractivity contribution is -0.138. The molecule has 0 bridgehead atoms. The largest absolute Gasteiger partial charge is 0.416 e. The predicted octanol–water partition coefficient (Wildman–Crippen LogP) is 4.25. The lowest BCUT2D eigenvalue weighted by Crippen LogP contribution is -2.09. The summed E-state index contributed by atoms with van der Waals surface area (Å²) in [7, 11) is 0. The number of fused-ring (bicyclic) bond motifs is 1. The van der Waals surface area contributed by atoms with E-state index in [9.17, 15) is 13.2 Å². The Morgan fingerprint density at radius 1 is 1.14 bits per heavy atom. The Labute approximate surface area is 119 Å². The van der Waals surface area contributed by atoms with Gasteiger partial charge >= 0.3 is 6.18 Å². The van der Waals surface area contributed by atoms with Crippen LogP contribution >= 0.6 is 0 Å². The monoisotopic (exact) mass is 290 g/mol. The van der Waals surface area contributed by atoms with Crippen LogP contribution in [0.1, 0.15) is 22.4 Å². The van der Waals surface area contributed by atoms with E-state index in [2.05, 4.69) is 4.98 Å². The number of rotatable bonds is 2. The van der Waals surface area contributed by atoms with Crippen molar-refractivity contribution < 1.29 is 13.2 Å². The second-order valence-electron chi connectivity index (χ2n) is 5.03. The van der Waals surface area contributed by atoms with Gasteiger partial charge in [0.25, 0.3) is 0 Å². The Bertz CT molecular complexity index is 788. The third-order valence-corrected chi connectivity index (χ3v) is 3.36. The van der Waals surface area contributed by atoms with Gasteiger partial charge in [-0.15, -0.1) is 0 Å². The highest BCUT2D eigenvalue weighted by Crippen LogP contribution is 2.32. The predicted molar refractivity (Wildman–Crippen MR) is 74.2 cm³/mol. The van der Waals surface area contributed by atoms with Crippen LogP contribution in [0, 0.1) is 6.92 Å². The van der Waals surface area contributed by atoms with Gasteiger partial charge in [-0.1, -0.05) is 18.2 Å². The number of hydrogen-bond donors (Lipinski definition) is 0. The van der Waals surface area contributed by atoms with Crippen LogP contribution in [0.15, 0.2) is 48.8 Å². The van der Waals surface area contributed by atoms with Crippen molar-refractivity contribution in [2.45, 2.75) is 19.5 Å². The zero-order valence-corrected chi connectivity index (χ0v) is 11.4. The molecule has 0 aliphatic carbocycles. The molecule has 108 valence electrons. The van der Waals surface area contributed by atoms with Crippen LogP contribution in [0.3, 0.4) is 0 Å². The van der Waals surface area contributed by atoms with Gasteiger partial charge < -0.3 is 4.40 Å². The minimum Gasteiger partial charge on any atom is -0.307 e. The summed E-state index contributed by atoms with van der Waals surface area (Å²) in [6.07, 6.45) is -0.554. The van der Waals surface area contributed by atoms with Gasteiger partial charge in [0.1, 0.15) is 5.65 Å². The summed E-state index contributed by atoms with van der Waals surface area (Å²) in [4.78, 5) is 4.39. The van der Waals surface area contributed by atoms with Crippen LogP contribution in [-0.2, 0) is 12.6 Å². The van der Waals surface area contributed by atoms with Gasteiger partial charge in [-0.2, -0.15) is 13.2 Å². The number of imidazole rings is 1. The van der Waals surface area contributed by atoms with Crippen LogP contribution in [0.5, 0.6) is 0 Å². The van der Waals surface area contributed by atoms with Crippen LogP contribution < -0.4 is 0 Å². The van der Waals surface area contributed by atoms with Crippen molar-refractivity contribution in [1.82, 2.24) is 9.38 Å². The maximum atomic E-state index is 13.0. The maximum Gasteiger partial charge on any atom is 0.416 e. The Balaban J connectivity index is 1.99. The Morgan fingerprint density at radius 3 is 2.67 bits per heavy atom. The van der Waals surface area contributed by atoms with Gasteiger partial charge in [0, 0.05) is 18.8 Å². The van der Waals surface area contributed by atoms with Crippen LogP contribution in [-0.4, -0.2) is 9.38 Å². The summed E-state index contributed by atoms with van der Waals surface area (Å²) >= 11 is 0. The number of aromatic nitrogens is 2. The van der Waals surface area contributed by atoms with Gasteiger partial charge in [-0.25, -0.2) is 4.98 Å². The number of benzene rings is 1. The molecule has 0 radical (unpaired) electrons. The molecule has 3 aromatic rings. The molecule has 3 rings (SSSR count). The summed E-state index contributed by atoms with van der Waals surface area (Å²) in [6, 6.07) is 9.46. The van der Waals surface area contributed by atoms with Crippen molar-refractivity contribution in [1.29, 1.82) is 0 Å². The van der Waals surface area contributed by atoms with Gasteiger partial charge in [0.2, 0.25) is 0 Å². The van der Waals surface area contributed by atoms with Crippen LogP contribution in [0.2, 0.25) is 0 Å². The first-order valence-corrected chi connectivity index (χ1v) is 6.53. The Kier molecular flexibility index (Phi) is 3.20. The van der Waals surface area contributed by atoms with E-state index in [1.165, 1.54) is 12.1 Å². The highest BCUT2D eigenvalue weighted by molar-refractivity contribution is 5.44. The first-order valence-electron chi connectivity index (χ1n) is 6.53. The van der Waals surface area contributed by atoms with E-state index in [0.717, 1.165) is 17.3 Å². The molecule has 2 nitrogen and oxygen atoms in total. The molecule has 5 heteroatoms. The Hall–Kier alpha value is -2.30. The van der Waals surface area contributed by atoms with Crippen molar-refractivity contribution >= 4 is 5.65 Å². The number of aryl methyl sites for hydroxylation is 1. The van der Waals surface area contributed by atoms with Crippen LogP contribution in [0.4, 0.5) is 13.2 Å². The summed E-state index contributed by atoms with van der Waals surface area (Å²) in [5.41, 5.74) is 2.07. The quantitative estimate of drug-likeness (QED) is 0.689. The molecule has 0 N–H and O–H groups in total. The molecule has 0 aliphatic rings. The number of halogens is 3. The summed E-state index contributed by atoms with van der Waals surface area (Å²) < 4.78 is 40.8. The van der Waals surface area contributed by atoms with Crippen molar-refractivity contribution in [3.8, 4) is 0 Å². The van der Waals surface area contributed by atoms with E-state index < -0.39 is 11.7 Å². The number of nitrogens with zero attached hydrogens (tertiary/aromatic N) is 2. The molecule has 2 heterocycles. The number of pyridine rings is 1. The molecule has 0 amide bonds. The van der Waals surface area contributed by atoms with E-state index in [1.54, 1.807) is 12.3 Å². The van der Waals surface area contributed by atoms with Crippen molar-refractivity contribution in [3.63, 3.8) is 0 Å². The maximum absolute atomic E-state index is 13.0. The zero-order chi connectivity index (χ0) is 15.0. The van der Waals surface area contributed by atoms with Crippen LogP contribution in [0.25, 0.3) is 5.65 Å². The highest BCUT2D eigenvalue weighted by atomic mass is 19.4. The second-order valence-corrected chi connectivity index (χ2v) is 5.03. The lowest BCUT2D eigenvalue weighted by Gasteiger charge is -2.11. The lowest BCUT2D eigenvalue weighted by atomic mass is 10.0. The molecule has 0 saturated heterocycles. The average Bonchev–Trinajstić information content (AvgIpc) is 2.79. The molecule has 2 aromatic heterocycles. The third-order valence-electron chi connectivity index (χ3n) is 3.36. The molecule has 0 aliphatic heterocycles. The average molecular weight is 290 g/mol. The number of alkyl halides is 3. The molecule has 0 atom stereocenters. The zero-order valence-electron chi connectivity index (χ0n) is 11.4. The van der Waals surface area contributed by atoms with Crippen molar-refractivity contribution in [2.75, 3.05) is 0 Å². The molecule has 21 heavy (non-hydrogen) atoms. The van der Waals surface area contributed by atoms with Crippen molar-refractivity contribution in [2.24, 2.45) is 0 Å². The minimum absolute atomic E-state index is 0.163. The molecule has 0 unspecified atom stereocenters. The summed E-state index contributed by atoms with van der Waals surface area (Å²) in [5.74, 6) is 0. The molecular formula is C16H13F3N2. The molecular weight excluding hydrogens is 277 g/mol. The van der Waals surface area contributed by atoms with E-state index in [-0.39, 0.29) is 12.0 Å². The standard InChI is InChI=1S/C16H13F3N2/c1-11-6-7-21-10-13(20-15(21)8-11)9-12-4-2-3-5-14(12)16(17,18)19/h2-8,10H,9H2,1H3. The van der Waals surface area contributed by atoms with Gasteiger partial charge in [-0.3, -0.25) is 0 Å². The summed E-state index contributed by atoms with van der Waals surface area (Å²) in [6.45, 7) is 1.95. The topological polar surface area (TPSA) is 17.3 Å². The third kappa shape index (κ3) is 2.77. The second kappa shape index (κ2) is 4.91. The van der Waals surface area contributed by atoms with E-state index in [4.69, 9.17) is 0 Å². The normalized spacial score (nSPS) is 12.0. The fourth-order valence-electron chi connectivity index (χ4n) is 2.37. The molecule has 0 saturated carbocycles. The minimum atomic E-state index is -4.34. The summed E-state index contributed by atoms with van der Waals surface area (Å²) in [5, 5.41) is 0. The van der Waals surface area contributed by atoms with Gasteiger partial charge in [-0.05, 0) is 36.2 Å². The highest BCUT2D eigenvalue weighted by Gasteiger charge is 2.32. The SMILES string of the molecule is Cc1ccn2cc(Cc3ccccc3C(F)(F)F)nc2c1. The smallest absolute Gasteiger partial charge is 0.307 e. The first kappa shape index (κ1) is 13.7. The fraction of sp³-hybridized carbons (Fsp3) is 0.188. The van der Waals surface area contributed by atoms with E-state index in [0.29, 0.717) is 5.69 Å². The van der Waals surface area contributed by atoms with E-state index >= 15 is 0 Å². The first-order chi connectivity index (χ1) is 9.93. The number of hydrogen-bond acceptors (Lipinski definition) is 1. The molecule has 0 spiro atoms. The molecule has 1 aromatic carbocycles. The van der Waals surface area contributed by atoms with E-state index in [1.807, 2.05) is 29.7 Å². The molecule has 0 fully saturated rings. The van der Waals surface area contributed by atoms with Gasteiger partial charge in [0.05, 0.1) is 11.3 Å². The van der Waals surface area contributed by atoms with Crippen molar-refractivity contribution in [3.05, 3.63) is 71.2 Å². The Morgan fingerprint density at radius 2 is 1.90 bits per heavy atom. The van der Waals surface area contributed by atoms with Gasteiger partial charge in [0.15, 0.2) is 0 Å².